The third-order valence-electron chi connectivity index (χ3n) is 6.56. The second-order valence-corrected chi connectivity index (χ2v) is 8.90. The summed E-state index contributed by atoms with van der Waals surface area (Å²) < 4.78 is 51.6. The van der Waals surface area contributed by atoms with Gasteiger partial charge in [0.2, 0.25) is 0 Å². The monoisotopic (exact) mass is 513 g/mol. The van der Waals surface area contributed by atoms with Crippen LogP contribution in [0, 0.1) is 0 Å². The lowest BCUT2D eigenvalue weighted by atomic mass is 9.94. The average molecular weight is 514 g/mol. The van der Waals surface area contributed by atoms with E-state index in [2.05, 4.69) is 0 Å². The van der Waals surface area contributed by atoms with Crippen molar-refractivity contribution in [3.8, 4) is 16.9 Å². The number of alkyl halides is 3. The molecule has 9 heteroatoms. The van der Waals surface area contributed by atoms with Crippen LogP contribution in [0.1, 0.15) is 27.8 Å². The zero-order valence-corrected chi connectivity index (χ0v) is 20.3. The molecule has 194 valence electrons. The van der Waals surface area contributed by atoms with E-state index in [1.165, 1.54) is 25.2 Å². The highest BCUT2D eigenvalue weighted by Crippen LogP contribution is 2.39. The Labute approximate surface area is 212 Å². The van der Waals surface area contributed by atoms with Gasteiger partial charge < -0.3 is 19.5 Å². The lowest BCUT2D eigenvalue weighted by Gasteiger charge is -2.29. The average Bonchev–Trinajstić information content (AvgIpc) is 3.29. The van der Waals surface area contributed by atoms with Crippen molar-refractivity contribution in [1.82, 2.24) is 4.90 Å². The first-order chi connectivity index (χ1) is 17.6. The number of methoxy groups -OCH3 is 2. The molecule has 0 bridgehead atoms. The van der Waals surface area contributed by atoms with E-state index in [1.54, 1.807) is 18.2 Å². The van der Waals surface area contributed by atoms with Crippen LogP contribution < -0.4 is 4.74 Å². The maximum absolute atomic E-state index is 13.7. The van der Waals surface area contributed by atoms with E-state index in [-0.39, 0.29) is 24.6 Å². The van der Waals surface area contributed by atoms with E-state index in [9.17, 15) is 27.9 Å². The van der Waals surface area contributed by atoms with Gasteiger partial charge in [0.1, 0.15) is 5.75 Å². The zero-order valence-electron chi connectivity index (χ0n) is 20.3. The molecule has 0 fully saturated rings. The summed E-state index contributed by atoms with van der Waals surface area (Å²) >= 11 is 0. The predicted molar refractivity (Wildman–Crippen MR) is 130 cm³/mol. The Hall–Kier alpha value is -4.01. The van der Waals surface area contributed by atoms with Gasteiger partial charge >= 0.3 is 18.2 Å². The third-order valence-corrected chi connectivity index (χ3v) is 6.56. The molecule has 0 aliphatic heterocycles. The Morgan fingerprint density at radius 2 is 1.65 bits per heavy atom. The lowest BCUT2D eigenvalue weighted by molar-refractivity contribution is -0.138. The molecule has 0 aromatic heterocycles. The Kier molecular flexibility index (Phi) is 7.42. The molecule has 37 heavy (non-hydrogen) atoms. The van der Waals surface area contributed by atoms with Crippen molar-refractivity contribution >= 4 is 12.1 Å². The summed E-state index contributed by atoms with van der Waals surface area (Å²) in [5, 5.41) is 9.22. The first-order valence-electron chi connectivity index (χ1n) is 11.6. The molecule has 1 aliphatic carbocycles. The summed E-state index contributed by atoms with van der Waals surface area (Å²) in [7, 11) is 2.67. The summed E-state index contributed by atoms with van der Waals surface area (Å²) in [6.07, 6.45) is -4.40. The minimum atomic E-state index is -4.60. The van der Waals surface area contributed by atoms with Crippen molar-refractivity contribution in [3.63, 3.8) is 0 Å². The molecule has 4 rings (SSSR count). The molecule has 3 aromatic rings. The number of carboxylic acids is 1. The molecule has 1 amide bonds. The van der Waals surface area contributed by atoms with Gasteiger partial charge in [-0.05, 0) is 64.9 Å². The molecule has 0 atom stereocenters. The maximum atomic E-state index is 13.7. The highest BCUT2D eigenvalue weighted by molar-refractivity contribution is 5.77. The van der Waals surface area contributed by atoms with Gasteiger partial charge in [0, 0.05) is 18.2 Å². The van der Waals surface area contributed by atoms with Crippen molar-refractivity contribution < 1.29 is 37.3 Å². The van der Waals surface area contributed by atoms with E-state index >= 15 is 0 Å². The minimum Gasteiger partial charge on any atom is -0.496 e. The van der Waals surface area contributed by atoms with Gasteiger partial charge in [-0.3, -0.25) is 4.79 Å². The minimum absolute atomic E-state index is 0.142. The summed E-state index contributed by atoms with van der Waals surface area (Å²) in [6.45, 7) is -0.142. The van der Waals surface area contributed by atoms with Crippen LogP contribution in [0.2, 0.25) is 0 Å². The summed E-state index contributed by atoms with van der Waals surface area (Å²) in [5.74, 6) is -0.672. The van der Waals surface area contributed by atoms with Crippen LogP contribution in [-0.2, 0) is 41.5 Å². The highest BCUT2D eigenvalue weighted by Gasteiger charge is 2.34. The number of fused-ring (bicyclic) bond motifs is 1. The number of amides is 1. The molecule has 0 heterocycles. The number of halogens is 3. The smallest absolute Gasteiger partial charge is 0.416 e. The number of hydrogen-bond donors (Lipinski definition) is 1. The van der Waals surface area contributed by atoms with Crippen LogP contribution in [0.4, 0.5) is 18.0 Å². The van der Waals surface area contributed by atoms with Crippen molar-refractivity contribution in [2.75, 3.05) is 14.2 Å². The summed E-state index contributed by atoms with van der Waals surface area (Å²) in [6, 6.07) is 15.6. The van der Waals surface area contributed by atoms with Gasteiger partial charge in [0.05, 0.1) is 26.2 Å². The number of hydrogen-bond acceptors (Lipinski definition) is 4. The number of aliphatic carboxylic acids is 1. The number of carboxylic acid groups (broad SMARTS) is 1. The number of ether oxygens (including phenoxy) is 2. The van der Waals surface area contributed by atoms with E-state index < -0.39 is 23.8 Å². The second-order valence-electron chi connectivity index (χ2n) is 8.90. The van der Waals surface area contributed by atoms with Gasteiger partial charge in [0.25, 0.3) is 0 Å². The van der Waals surface area contributed by atoms with E-state index in [4.69, 9.17) is 9.47 Å². The van der Waals surface area contributed by atoms with Gasteiger partial charge in [-0.25, -0.2) is 4.79 Å². The van der Waals surface area contributed by atoms with E-state index in [1.807, 2.05) is 24.3 Å². The first-order valence-corrected chi connectivity index (χ1v) is 11.6. The number of rotatable bonds is 7. The first kappa shape index (κ1) is 26.1. The van der Waals surface area contributed by atoms with Crippen LogP contribution >= 0.6 is 0 Å². The quantitative estimate of drug-likeness (QED) is 0.436. The molecule has 6 nitrogen and oxygen atoms in total. The fourth-order valence-electron chi connectivity index (χ4n) is 4.81. The van der Waals surface area contributed by atoms with Crippen LogP contribution in [-0.4, -0.2) is 42.3 Å². The van der Waals surface area contributed by atoms with E-state index in [0.29, 0.717) is 35.3 Å². The topological polar surface area (TPSA) is 76.1 Å². The number of benzene rings is 3. The van der Waals surface area contributed by atoms with Gasteiger partial charge in [-0.2, -0.15) is 13.2 Å². The third kappa shape index (κ3) is 5.71. The summed E-state index contributed by atoms with van der Waals surface area (Å²) in [5.41, 5.74) is 2.84. The lowest BCUT2D eigenvalue weighted by Crippen LogP contribution is -2.40. The molecular formula is C28H26F3NO5. The fourth-order valence-corrected chi connectivity index (χ4v) is 4.81. The molecular weight excluding hydrogens is 487 g/mol. The molecule has 1 N–H and O–H groups in total. The standard InChI is InChI=1S/C28H26F3NO5/c1-36-25-10-7-17(12-26(33)34)11-24(25)23-9-8-21(28(29,30)31)13-20(23)16-32(27(35)37-2)22-14-18-5-3-4-6-19(18)15-22/h3-11,13,22H,12,14-16H2,1-2H3,(H,33,34). The molecule has 0 unspecified atom stereocenters. The van der Waals surface area contributed by atoms with Crippen LogP contribution in [0.25, 0.3) is 11.1 Å². The van der Waals surface area contributed by atoms with Crippen molar-refractivity contribution in [2.24, 2.45) is 0 Å². The van der Waals surface area contributed by atoms with Gasteiger partial charge in [-0.1, -0.05) is 36.4 Å². The maximum Gasteiger partial charge on any atom is 0.416 e. The predicted octanol–water partition coefficient (Wildman–Crippen LogP) is 5.74. The Morgan fingerprint density at radius 1 is 0.973 bits per heavy atom. The molecule has 0 spiro atoms. The second kappa shape index (κ2) is 10.5. The van der Waals surface area contributed by atoms with Crippen molar-refractivity contribution in [3.05, 3.63) is 88.5 Å². The normalized spacial score (nSPS) is 13.2. The van der Waals surface area contributed by atoms with E-state index in [0.717, 1.165) is 23.3 Å². The zero-order chi connectivity index (χ0) is 26.7. The molecule has 3 aromatic carbocycles. The van der Waals surface area contributed by atoms with Crippen LogP contribution in [0.5, 0.6) is 5.75 Å². The largest absolute Gasteiger partial charge is 0.496 e. The molecule has 0 radical (unpaired) electrons. The number of carbonyl (C=O) groups is 2. The van der Waals surface area contributed by atoms with Crippen molar-refractivity contribution in [1.29, 1.82) is 0 Å². The highest BCUT2D eigenvalue weighted by atomic mass is 19.4. The Morgan fingerprint density at radius 3 is 2.22 bits per heavy atom. The summed E-state index contributed by atoms with van der Waals surface area (Å²) in [4.78, 5) is 25.6. The Balaban J connectivity index is 1.81. The molecule has 0 saturated carbocycles. The fraction of sp³-hybridized carbons (Fsp3) is 0.286. The molecule has 1 aliphatic rings. The van der Waals surface area contributed by atoms with Crippen molar-refractivity contribution in [2.45, 2.75) is 38.0 Å². The molecule has 0 saturated heterocycles. The van der Waals surface area contributed by atoms with Crippen LogP contribution in [0.3, 0.4) is 0 Å². The number of carbonyl (C=O) groups excluding carboxylic acids is 1. The Bertz CT molecular complexity index is 1300. The van der Waals surface area contributed by atoms with Crippen LogP contribution in [0.15, 0.2) is 60.7 Å². The number of nitrogens with zero attached hydrogens (tertiary/aromatic N) is 1. The van der Waals surface area contributed by atoms with Gasteiger partial charge in [0.15, 0.2) is 0 Å². The van der Waals surface area contributed by atoms with Gasteiger partial charge in [-0.15, -0.1) is 0 Å². The SMILES string of the molecule is COC(=O)N(Cc1cc(C(F)(F)F)ccc1-c1cc(CC(=O)O)ccc1OC)C1Cc2ccccc2C1.